The number of unbranched alkanes of at least 4 members (excludes halogenated alkanes) is 4. The van der Waals surface area contributed by atoms with Crippen molar-refractivity contribution in [3.05, 3.63) is 113 Å². The van der Waals surface area contributed by atoms with Gasteiger partial charge in [-0.25, -0.2) is 8.42 Å². The Bertz CT molecular complexity index is 2410. The van der Waals surface area contributed by atoms with Gasteiger partial charge in [-0.2, -0.15) is 0 Å². The number of hydrogen-bond acceptors (Lipinski definition) is 9. The van der Waals surface area contributed by atoms with Crippen molar-refractivity contribution in [3.63, 3.8) is 0 Å². The Balaban J connectivity index is 1.16. The van der Waals surface area contributed by atoms with E-state index in [2.05, 4.69) is 44.2 Å². The maximum atomic E-state index is 14.2. The van der Waals surface area contributed by atoms with E-state index in [0.717, 1.165) is 58.3 Å². The highest BCUT2D eigenvalue weighted by atomic mass is 32.2. The van der Waals surface area contributed by atoms with E-state index < -0.39 is 24.1 Å². The summed E-state index contributed by atoms with van der Waals surface area (Å²) < 4.78 is 46.0. The third-order valence-corrected chi connectivity index (χ3v) is 17.8. The van der Waals surface area contributed by atoms with Gasteiger partial charge in [-0.15, -0.1) is 0 Å². The summed E-state index contributed by atoms with van der Waals surface area (Å²) in [4.78, 5) is 32.2. The molecule has 13 heteroatoms. The number of hydrogen-bond donors (Lipinski definition) is 2. The lowest BCUT2D eigenvalue weighted by atomic mass is 10.1. The molecule has 0 aliphatic carbocycles. The fourth-order valence-electron chi connectivity index (χ4n) is 6.74. The van der Waals surface area contributed by atoms with Crippen molar-refractivity contribution in [1.82, 2.24) is 4.98 Å². The summed E-state index contributed by atoms with van der Waals surface area (Å²) in [5, 5.41) is 3.87. The zero-order valence-corrected chi connectivity index (χ0v) is 38.8. The zero-order valence-electron chi connectivity index (χ0n) is 37.0. The second-order valence-corrected chi connectivity index (χ2v) is 23.8. The summed E-state index contributed by atoms with van der Waals surface area (Å²) in [6.45, 7) is 15.6. The Morgan fingerprint density at radius 3 is 2.18 bits per heavy atom. The summed E-state index contributed by atoms with van der Waals surface area (Å²) >= 11 is 0. The summed E-state index contributed by atoms with van der Waals surface area (Å²) in [6.07, 6.45) is 8.76. The average molecular weight is 867 g/mol. The molecule has 0 spiro atoms. The topological polar surface area (TPSA) is 150 Å². The number of sulfone groups is 1. The zero-order chi connectivity index (χ0) is 44.4. The summed E-state index contributed by atoms with van der Waals surface area (Å²) in [5.74, 6) is -0.493. The Kier molecular flexibility index (Phi) is 15.9. The molecule has 61 heavy (non-hydrogen) atoms. The van der Waals surface area contributed by atoms with E-state index in [1.807, 2.05) is 24.3 Å². The quantitative estimate of drug-likeness (QED) is 0.0543. The number of carbonyl (C=O) groups is 2. The fraction of sp³-hybridized carbons (Fsp3) is 0.396. The van der Waals surface area contributed by atoms with Crippen LogP contribution in [0.15, 0.2) is 101 Å². The minimum atomic E-state index is -4.14. The number of carbonyl (C=O) groups excluding carboxylic acids is 2. The van der Waals surface area contributed by atoms with Crippen LogP contribution >= 0.6 is 0 Å². The van der Waals surface area contributed by atoms with Crippen molar-refractivity contribution >= 4 is 57.9 Å². The van der Waals surface area contributed by atoms with Crippen LogP contribution in [-0.4, -0.2) is 67.5 Å². The molecule has 0 saturated carbocycles. The van der Waals surface area contributed by atoms with Crippen LogP contribution in [-0.2, 0) is 25.4 Å². The van der Waals surface area contributed by atoms with E-state index in [0.29, 0.717) is 39.3 Å². The Morgan fingerprint density at radius 2 is 1.51 bits per heavy atom. The number of nitrogens with one attached hydrogen (secondary N) is 1. The number of rotatable bonds is 21. The largest absolute Gasteiger partial charge is 0.497 e. The molecule has 0 aliphatic rings. The standard InChI is InChI=1S/C48H62N4O7SSi/c1-34-29-41(32-42-44(34)50-33-43(46(49)53)45(42)51-37-19-16-20-39(31-37)57-6)60(55,56)40-21-15-18-36(30-40)47(54)52(5)38-24-22-35(23-25-38)17-11-14-27-58-26-12-9-10-13-28-59-61(7,8)48(2,3)4/h15-16,18-25,29-33H,9-14,17,26-28H2,1-8H3,(H2,49,53)(H,50,51). The molecule has 0 unspecified atom stereocenters. The van der Waals surface area contributed by atoms with Gasteiger partial charge in [0.2, 0.25) is 9.84 Å². The molecule has 3 N–H and O–H groups in total. The van der Waals surface area contributed by atoms with E-state index in [4.69, 9.17) is 19.6 Å². The number of methoxy groups -OCH3 is 1. The maximum Gasteiger partial charge on any atom is 0.258 e. The highest BCUT2D eigenvalue weighted by Crippen LogP contribution is 2.37. The van der Waals surface area contributed by atoms with Gasteiger partial charge in [0, 0.05) is 61.5 Å². The lowest BCUT2D eigenvalue weighted by Gasteiger charge is -2.36. The van der Waals surface area contributed by atoms with Gasteiger partial charge in [-0.1, -0.05) is 57.9 Å². The summed E-state index contributed by atoms with van der Waals surface area (Å²) in [5.41, 5.74) is 9.91. The molecule has 4 aromatic carbocycles. The first-order chi connectivity index (χ1) is 28.9. The number of aromatic nitrogens is 1. The van der Waals surface area contributed by atoms with E-state index >= 15 is 0 Å². The van der Waals surface area contributed by atoms with Crippen molar-refractivity contribution in [2.75, 3.05) is 44.2 Å². The number of benzene rings is 4. The van der Waals surface area contributed by atoms with Gasteiger partial charge in [0.25, 0.3) is 11.8 Å². The van der Waals surface area contributed by atoms with E-state index in [-0.39, 0.29) is 31.9 Å². The Hall–Kier alpha value is -5.08. The number of ether oxygens (including phenoxy) is 2. The normalized spacial score (nSPS) is 12.1. The molecule has 1 heterocycles. The third kappa shape index (κ3) is 12.1. The summed E-state index contributed by atoms with van der Waals surface area (Å²) in [6, 6.07) is 24.0. The molecule has 5 rings (SSSR count). The van der Waals surface area contributed by atoms with Crippen LogP contribution in [0, 0.1) is 6.92 Å². The molecule has 2 amide bonds. The Labute approximate surface area is 363 Å². The predicted octanol–water partition coefficient (Wildman–Crippen LogP) is 10.4. The lowest BCUT2D eigenvalue weighted by Crippen LogP contribution is -2.40. The van der Waals surface area contributed by atoms with Crippen LogP contribution in [0.3, 0.4) is 0 Å². The molecule has 0 bridgehead atoms. The second kappa shape index (κ2) is 20.7. The minimum Gasteiger partial charge on any atom is -0.497 e. The average Bonchev–Trinajstić information content (AvgIpc) is 3.23. The number of fused-ring (bicyclic) bond motifs is 1. The van der Waals surface area contributed by atoms with Crippen LogP contribution in [0.25, 0.3) is 10.9 Å². The SMILES string of the molecule is COc1cccc(Nc2c(C(N)=O)cnc3c(C)cc(S(=O)(=O)c4cccc(C(=O)N(C)c5ccc(CCCCOCCCCCCO[Si](C)(C)C(C)(C)C)cc5)c4)cc23)c1. The first-order valence-corrected chi connectivity index (χ1v) is 25.4. The van der Waals surface area contributed by atoms with Crippen molar-refractivity contribution in [2.45, 2.75) is 101 Å². The molecule has 0 fully saturated rings. The number of aryl methyl sites for hydroxylation is 2. The minimum absolute atomic E-state index is 0.0242. The number of pyridine rings is 1. The molecule has 0 saturated heterocycles. The van der Waals surface area contributed by atoms with Gasteiger partial charge in [0.1, 0.15) is 5.75 Å². The number of primary amides is 1. The number of anilines is 3. The molecule has 0 aliphatic heterocycles. The maximum absolute atomic E-state index is 14.2. The van der Waals surface area contributed by atoms with Crippen LogP contribution in [0.2, 0.25) is 18.1 Å². The molecule has 11 nitrogen and oxygen atoms in total. The van der Waals surface area contributed by atoms with Gasteiger partial charge < -0.3 is 29.9 Å². The van der Waals surface area contributed by atoms with Gasteiger partial charge in [0.15, 0.2) is 8.32 Å². The third-order valence-electron chi connectivity index (χ3n) is 11.5. The van der Waals surface area contributed by atoms with Gasteiger partial charge in [-0.05, 0) is 123 Å². The molecular weight excluding hydrogens is 805 g/mol. The van der Waals surface area contributed by atoms with E-state index in [1.54, 1.807) is 57.5 Å². The highest BCUT2D eigenvalue weighted by molar-refractivity contribution is 7.91. The molecule has 0 atom stereocenters. The first-order valence-electron chi connectivity index (χ1n) is 21.0. The van der Waals surface area contributed by atoms with Gasteiger partial charge in [0.05, 0.1) is 33.7 Å². The molecule has 326 valence electrons. The second-order valence-electron chi connectivity index (χ2n) is 17.1. The lowest BCUT2D eigenvalue weighted by molar-refractivity contribution is 0.0987. The highest BCUT2D eigenvalue weighted by Gasteiger charge is 2.36. The van der Waals surface area contributed by atoms with Gasteiger partial charge in [-0.3, -0.25) is 14.6 Å². The fourth-order valence-corrected chi connectivity index (χ4v) is 9.24. The van der Waals surface area contributed by atoms with Crippen LogP contribution in [0.1, 0.15) is 91.1 Å². The van der Waals surface area contributed by atoms with E-state index in [9.17, 15) is 18.0 Å². The van der Waals surface area contributed by atoms with Crippen LogP contribution in [0.4, 0.5) is 17.1 Å². The number of nitrogens with two attached hydrogens (primary N) is 1. The number of amides is 2. The molecule has 0 radical (unpaired) electrons. The van der Waals surface area contributed by atoms with Crippen molar-refractivity contribution in [2.24, 2.45) is 5.73 Å². The van der Waals surface area contributed by atoms with Crippen molar-refractivity contribution in [3.8, 4) is 5.75 Å². The molecule has 1 aromatic heterocycles. The molecular formula is C48H62N4O7SSi. The number of nitrogens with zero attached hydrogens (tertiary/aromatic N) is 2. The first kappa shape index (κ1) is 47.0. The Morgan fingerprint density at radius 1 is 0.836 bits per heavy atom. The van der Waals surface area contributed by atoms with Crippen molar-refractivity contribution < 1.29 is 31.9 Å². The van der Waals surface area contributed by atoms with E-state index in [1.165, 1.54) is 47.3 Å². The summed E-state index contributed by atoms with van der Waals surface area (Å²) in [7, 11) is -2.58. The van der Waals surface area contributed by atoms with Gasteiger partial charge >= 0.3 is 0 Å². The monoisotopic (exact) mass is 866 g/mol. The van der Waals surface area contributed by atoms with Crippen LogP contribution in [0.5, 0.6) is 5.75 Å². The van der Waals surface area contributed by atoms with Crippen molar-refractivity contribution in [1.29, 1.82) is 0 Å². The molecule has 5 aromatic rings. The predicted molar refractivity (Wildman–Crippen MR) is 248 cm³/mol. The van der Waals surface area contributed by atoms with Crippen LogP contribution < -0.4 is 20.7 Å². The smallest absolute Gasteiger partial charge is 0.258 e.